The highest BCUT2D eigenvalue weighted by molar-refractivity contribution is 5.76. The Kier molecular flexibility index (Phi) is 3.80. The zero-order valence-corrected chi connectivity index (χ0v) is 11.5. The van der Waals surface area contributed by atoms with Gasteiger partial charge in [-0.15, -0.1) is 0 Å². The molecular weight excluding hydrogens is 274 g/mol. The summed E-state index contributed by atoms with van der Waals surface area (Å²) in [5.41, 5.74) is -0.724. The zero-order chi connectivity index (χ0) is 15.6. The molecule has 0 heterocycles. The van der Waals surface area contributed by atoms with E-state index in [2.05, 4.69) is 5.32 Å². The molecule has 7 heteroatoms. The highest BCUT2D eigenvalue weighted by atomic mass is 16.6. The summed E-state index contributed by atoms with van der Waals surface area (Å²) in [6.07, 6.45) is 2.05. The Labute approximate surface area is 121 Å². The molecule has 2 N–H and O–H groups in total. The van der Waals surface area contributed by atoms with Crippen LogP contribution in [0.5, 0.6) is 0 Å². The van der Waals surface area contributed by atoms with Crippen LogP contribution in [0.15, 0.2) is 18.2 Å². The van der Waals surface area contributed by atoms with Crippen molar-refractivity contribution < 1.29 is 14.8 Å². The second-order valence-corrected chi connectivity index (χ2v) is 5.41. The molecule has 0 spiro atoms. The molecule has 0 saturated heterocycles. The summed E-state index contributed by atoms with van der Waals surface area (Å²) in [4.78, 5) is 21.7. The number of carboxylic acid groups (broad SMARTS) is 1. The standard InChI is InChI=1S/C14H15N3O4/c1-14(13(18)19)6-2-3-12(14)16-10-5-4-9(8-15)11(7-10)17(20)21/h4-5,7,12,16H,2-3,6H2,1H3,(H,18,19). The summed E-state index contributed by atoms with van der Waals surface area (Å²) in [5.74, 6) is -0.874. The van der Waals surface area contributed by atoms with Crippen LogP contribution >= 0.6 is 0 Å². The van der Waals surface area contributed by atoms with Gasteiger partial charge in [0, 0.05) is 17.8 Å². The van der Waals surface area contributed by atoms with Crippen LogP contribution in [0.25, 0.3) is 0 Å². The van der Waals surface area contributed by atoms with Crippen molar-refractivity contribution in [3.63, 3.8) is 0 Å². The molecule has 0 aliphatic heterocycles. The lowest BCUT2D eigenvalue weighted by molar-refractivity contribution is -0.385. The van der Waals surface area contributed by atoms with Crippen LogP contribution in [-0.4, -0.2) is 22.0 Å². The summed E-state index contributed by atoms with van der Waals surface area (Å²) >= 11 is 0. The second-order valence-electron chi connectivity index (χ2n) is 5.41. The minimum Gasteiger partial charge on any atom is -0.481 e. The van der Waals surface area contributed by atoms with E-state index in [4.69, 9.17) is 5.26 Å². The summed E-state index contributed by atoms with van der Waals surface area (Å²) in [6.45, 7) is 1.68. The fourth-order valence-corrected chi connectivity index (χ4v) is 2.72. The largest absolute Gasteiger partial charge is 0.481 e. The molecule has 110 valence electrons. The molecule has 0 aromatic heterocycles. The van der Waals surface area contributed by atoms with Crippen molar-refractivity contribution in [3.05, 3.63) is 33.9 Å². The summed E-state index contributed by atoms with van der Waals surface area (Å²) in [6, 6.07) is 5.69. The van der Waals surface area contributed by atoms with Crippen LogP contribution in [0, 0.1) is 26.9 Å². The van der Waals surface area contributed by atoms with E-state index < -0.39 is 16.3 Å². The first kappa shape index (κ1) is 14.8. The number of hydrogen-bond acceptors (Lipinski definition) is 5. The maximum Gasteiger partial charge on any atom is 0.311 e. The number of nitrogens with zero attached hydrogens (tertiary/aromatic N) is 2. The van der Waals surface area contributed by atoms with Crippen molar-refractivity contribution in [2.24, 2.45) is 5.41 Å². The highest BCUT2D eigenvalue weighted by Crippen LogP contribution is 2.40. The zero-order valence-electron chi connectivity index (χ0n) is 11.5. The Morgan fingerprint density at radius 1 is 1.62 bits per heavy atom. The fraction of sp³-hybridized carbons (Fsp3) is 0.429. The van der Waals surface area contributed by atoms with Crippen LogP contribution < -0.4 is 5.32 Å². The minimum absolute atomic E-state index is 0.0158. The molecule has 1 fully saturated rings. The number of carbonyl (C=O) groups is 1. The van der Waals surface area contributed by atoms with Gasteiger partial charge in [0.15, 0.2) is 0 Å². The lowest BCUT2D eigenvalue weighted by atomic mass is 9.85. The van der Waals surface area contributed by atoms with E-state index in [1.54, 1.807) is 19.1 Å². The van der Waals surface area contributed by atoms with E-state index in [-0.39, 0.29) is 17.3 Å². The number of anilines is 1. The van der Waals surface area contributed by atoms with Gasteiger partial charge in [-0.1, -0.05) is 6.42 Å². The van der Waals surface area contributed by atoms with E-state index in [1.807, 2.05) is 0 Å². The third kappa shape index (κ3) is 2.65. The number of carboxylic acids is 1. The molecule has 7 nitrogen and oxygen atoms in total. The summed E-state index contributed by atoms with van der Waals surface area (Å²) < 4.78 is 0. The topological polar surface area (TPSA) is 116 Å². The van der Waals surface area contributed by atoms with Gasteiger partial charge in [-0.05, 0) is 31.9 Å². The lowest BCUT2D eigenvalue weighted by Gasteiger charge is -2.28. The molecule has 2 rings (SSSR count). The molecule has 1 saturated carbocycles. The van der Waals surface area contributed by atoms with Gasteiger partial charge in [-0.2, -0.15) is 5.26 Å². The minimum atomic E-state index is -0.886. The van der Waals surface area contributed by atoms with Gasteiger partial charge in [-0.25, -0.2) is 0 Å². The Morgan fingerprint density at radius 2 is 2.33 bits per heavy atom. The van der Waals surface area contributed by atoms with E-state index in [9.17, 15) is 20.0 Å². The molecule has 1 aliphatic rings. The molecule has 0 amide bonds. The van der Waals surface area contributed by atoms with E-state index in [0.29, 0.717) is 18.5 Å². The van der Waals surface area contributed by atoms with Crippen LogP contribution in [0.1, 0.15) is 31.7 Å². The Balaban J connectivity index is 2.28. The van der Waals surface area contributed by atoms with Gasteiger partial charge in [0.1, 0.15) is 11.6 Å². The lowest BCUT2D eigenvalue weighted by Crippen LogP contribution is -2.40. The quantitative estimate of drug-likeness (QED) is 0.649. The number of nitro groups is 1. The highest BCUT2D eigenvalue weighted by Gasteiger charge is 2.45. The van der Waals surface area contributed by atoms with Crippen LogP contribution in [0.3, 0.4) is 0 Å². The maximum absolute atomic E-state index is 11.4. The monoisotopic (exact) mass is 289 g/mol. The third-order valence-electron chi connectivity index (χ3n) is 4.10. The SMILES string of the molecule is CC1(C(=O)O)CCCC1Nc1ccc(C#N)c([N+](=O)[O-])c1. The fourth-order valence-electron chi connectivity index (χ4n) is 2.72. The predicted molar refractivity (Wildman–Crippen MR) is 74.8 cm³/mol. The first-order valence-corrected chi connectivity index (χ1v) is 6.57. The average molecular weight is 289 g/mol. The van der Waals surface area contributed by atoms with Crippen molar-refractivity contribution in [3.8, 4) is 6.07 Å². The molecule has 1 aliphatic carbocycles. The second kappa shape index (κ2) is 5.40. The molecule has 21 heavy (non-hydrogen) atoms. The Hall–Kier alpha value is -2.62. The summed E-state index contributed by atoms with van der Waals surface area (Å²) in [7, 11) is 0. The van der Waals surface area contributed by atoms with Crippen molar-refractivity contribution in [2.75, 3.05) is 5.32 Å². The molecule has 1 aromatic carbocycles. The number of rotatable bonds is 4. The van der Waals surface area contributed by atoms with Crippen LogP contribution in [0.2, 0.25) is 0 Å². The number of hydrogen-bond donors (Lipinski definition) is 2. The summed E-state index contributed by atoms with van der Waals surface area (Å²) in [5, 5.41) is 32.2. The number of nitro benzene ring substituents is 1. The Morgan fingerprint density at radius 3 is 2.90 bits per heavy atom. The molecular formula is C14H15N3O4. The van der Waals surface area contributed by atoms with Crippen molar-refractivity contribution in [1.82, 2.24) is 0 Å². The van der Waals surface area contributed by atoms with Gasteiger partial charge in [0.25, 0.3) is 5.69 Å². The van der Waals surface area contributed by atoms with E-state index in [1.165, 1.54) is 12.1 Å². The van der Waals surface area contributed by atoms with E-state index in [0.717, 1.165) is 6.42 Å². The average Bonchev–Trinajstić information content (AvgIpc) is 2.81. The van der Waals surface area contributed by atoms with Crippen LogP contribution in [0.4, 0.5) is 11.4 Å². The first-order chi connectivity index (χ1) is 9.88. The van der Waals surface area contributed by atoms with Gasteiger partial charge in [-0.3, -0.25) is 14.9 Å². The smallest absolute Gasteiger partial charge is 0.311 e. The maximum atomic E-state index is 11.4. The number of nitriles is 1. The Bertz CT molecular complexity index is 638. The van der Waals surface area contributed by atoms with E-state index >= 15 is 0 Å². The van der Waals surface area contributed by atoms with Crippen molar-refractivity contribution in [1.29, 1.82) is 5.26 Å². The van der Waals surface area contributed by atoms with Gasteiger partial charge in [0.2, 0.25) is 0 Å². The molecule has 1 aromatic rings. The molecule has 2 atom stereocenters. The van der Waals surface area contributed by atoms with Gasteiger partial charge >= 0.3 is 5.97 Å². The first-order valence-electron chi connectivity index (χ1n) is 6.57. The molecule has 0 radical (unpaired) electrons. The van der Waals surface area contributed by atoms with Crippen LogP contribution in [-0.2, 0) is 4.79 Å². The number of aliphatic carboxylic acids is 1. The van der Waals surface area contributed by atoms with Crippen molar-refractivity contribution >= 4 is 17.3 Å². The number of benzene rings is 1. The molecule has 0 bridgehead atoms. The predicted octanol–water partition coefficient (Wildman–Crippen LogP) is 2.52. The third-order valence-corrected chi connectivity index (χ3v) is 4.10. The van der Waals surface area contributed by atoms with Crippen molar-refractivity contribution in [2.45, 2.75) is 32.2 Å². The van der Waals surface area contributed by atoms with Gasteiger partial charge in [0.05, 0.1) is 10.3 Å². The van der Waals surface area contributed by atoms with Gasteiger partial charge < -0.3 is 10.4 Å². The normalized spacial score (nSPS) is 24.3. The molecule has 2 unspecified atom stereocenters. The number of nitrogens with one attached hydrogen (secondary N) is 1.